The molecule has 32 heavy (non-hydrogen) atoms. The van der Waals surface area contributed by atoms with Crippen LogP contribution in [0.1, 0.15) is 23.4 Å². The topological polar surface area (TPSA) is 69.0 Å². The summed E-state index contributed by atoms with van der Waals surface area (Å²) < 4.78 is 8.48. The van der Waals surface area contributed by atoms with Gasteiger partial charge in [0.2, 0.25) is 5.91 Å². The molecule has 1 amide bonds. The summed E-state index contributed by atoms with van der Waals surface area (Å²) in [5.41, 5.74) is 3.05. The Morgan fingerprint density at radius 3 is 2.69 bits per heavy atom. The van der Waals surface area contributed by atoms with Crippen LogP contribution < -0.4 is 10.1 Å². The van der Waals surface area contributed by atoms with Crippen LogP contribution in [-0.2, 0) is 18.3 Å². The van der Waals surface area contributed by atoms with Gasteiger partial charge in [-0.25, -0.2) is 0 Å². The van der Waals surface area contributed by atoms with Crippen LogP contribution in [-0.4, -0.2) is 33.0 Å². The first-order valence-electron chi connectivity index (χ1n) is 9.90. The smallest absolute Gasteiger partial charge is 0.234 e. The molecule has 3 rings (SSSR count). The molecule has 0 aliphatic heterocycles. The van der Waals surface area contributed by atoms with Gasteiger partial charge in [0.25, 0.3) is 0 Å². The number of carbonyl (C=O) groups excluding carboxylic acids is 1. The van der Waals surface area contributed by atoms with E-state index in [-0.39, 0.29) is 11.7 Å². The van der Waals surface area contributed by atoms with Gasteiger partial charge in [-0.2, -0.15) is 0 Å². The summed E-state index contributed by atoms with van der Waals surface area (Å²) >= 11 is 16.9. The van der Waals surface area contributed by atoms with E-state index in [0.717, 1.165) is 33.5 Å². The van der Waals surface area contributed by atoms with Gasteiger partial charge in [-0.05, 0) is 77.7 Å². The molecule has 1 aromatic heterocycles. The molecule has 2 aromatic carbocycles. The molecular weight excluding hydrogens is 535 g/mol. The number of amides is 1. The zero-order chi connectivity index (χ0) is 23.3. The lowest BCUT2D eigenvalue weighted by Crippen LogP contribution is -2.15. The van der Waals surface area contributed by atoms with Crippen LogP contribution in [0.4, 0.5) is 5.69 Å². The molecular formula is C22H23BrCl2N4O2S. The van der Waals surface area contributed by atoms with Crippen molar-refractivity contribution in [3.63, 3.8) is 0 Å². The first-order valence-corrected chi connectivity index (χ1v) is 12.4. The third kappa shape index (κ3) is 6.63. The molecule has 0 aliphatic rings. The number of aromatic nitrogens is 3. The van der Waals surface area contributed by atoms with Crippen LogP contribution in [0.2, 0.25) is 10.0 Å². The van der Waals surface area contributed by atoms with Gasteiger partial charge in [0.05, 0.1) is 23.1 Å². The summed E-state index contributed by atoms with van der Waals surface area (Å²) in [6.45, 7) is 4.54. The molecule has 0 spiro atoms. The lowest BCUT2D eigenvalue weighted by atomic mass is 10.1. The number of ether oxygens (including phenoxy) is 1. The van der Waals surface area contributed by atoms with Gasteiger partial charge in [-0.1, -0.05) is 35.0 Å². The van der Waals surface area contributed by atoms with E-state index in [1.54, 1.807) is 18.2 Å². The van der Waals surface area contributed by atoms with Gasteiger partial charge in [-0.15, -0.1) is 10.2 Å². The molecule has 3 aromatic rings. The number of hydrogen-bond donors (Lipinski definition) is 1. The number of nitrogens with one attached hydrogen (secondary N) is 1. The van der Waals surface area contributed by atoms with Crippen LogP contribution in [0.5, 0.6) is 5.75 Å². The van der Waals surface area contributed by atoms with Gasteiger partial charge in [0.1, 0.15) is 11.6 Å². The third-order valence-corrected chi connectivity index (χ3v) is 7.02. The van der Waals surface area contributed by atoms with Crippen LogP contribution in [0.3, 0.4) is 0 Å². The summed E-state index contributed by atoms with van der Waals surface area (Å²) in [7, 11) is 1.90. The van der Waals surface area contributed by atoms with E-state index in [1.165, 1.54) is 11.8 Å². The Morgan fingerprint density at radius 1 is 1.19 bits per heavy atom. The standard InChI is InChI=1S/C22H23BrCl2N4O2S/c1-13-9-16(23)18(10-14(13)2)26-21(30)12-32-22-28-27-20(29(22)3)5-4-8-31-19-7-6-15(24)11-17(19)25/h6-7,9-11H,4-5,8,12H2,1-3H3,(H,26,30). The Morgan fingerprint density at radius 2 is 1.94 bits per heavy atom. The van der Waals surface area contributed by atoms with Crippen LogP contribution >= 0.6 is 50.9 Å². The van der Waals surface area contributed by atoms with Crippen molar-refractivity contribution in [2.75, 3.05) is 17.7 Å². The molecule has 0 saturated heterocycles. The van der Waals surface area contributed by atoms with Crippen molar-refractivity contribution >= 4 is 62.5 Å². The van der Waals surface area contributed by atoms with Crippen molar-refractivity contribution in [2.24, 2.45) is 7.05 Å². The zero-order valence-corrected chi connectivity index (χ0v) is 21.8. The summed E-state index contributed by atoms with van der Waals surface area (Å²) in [6.07, 6.45) is 1.44. The highest BCUT2D eigenvalue weighted by Gasteiger charge is 2.13. The predicted molar refractivity (Wildman–Crippen MR) is 134 cm³/mol. The highest BCUT2D eigenvalue weighted by atomic mass is 79.9. The molecule has 0 bridgehead atoms. The maximum absolute atomic E-state index is 12.4. The monoisotopic (exact) mass is 556 g/mol. The molecule has 1 N–H and O–H groups in total. The minimum Gasteiger partial charge on any atom is -0.492 e. The van der Waals surface area contributed by atoms with E-state index >= 15 is 0 Å². The molecule has 170 valence electrons. The Kier molecular flexibility index (Phi) is 8.87. The Balaban J connectivity index is 1.47. The third-order valence-electron chi connectivity index (χ3n) is 4.81. The van der Waals surface area contributed by atoms with E-state index in [2.05, 4.69) is 31.4 Å². The average molecular weight is 558 g/mol. The SMILES string of the molecule is Cc1cc(Br)c(NC(=O)CSc2nnc(CCCOc3ccc(Cl)cc3Cl)n2C)cc1C. The summed E-state index contributed by atoms with van der Waals surface area (Å²) in [5, 5.41) is 13.1. The number of benzene rings is 2. The van der Waals surface area contributed by atoms with Gasteiger partial charge in [0, 0.05) is 23.0 Å². The van der Waals surface area contributed by atoms with Gasteiger partial charge in [-0.3, -0.25) is 4.79 Å². The number of rotatable bonds is 9. The number of halogens is 3. The fourth-order valence-corrected chi connectivity index (χ4v) is 4.64. The summed E-state index contributed by atoms with van der Waals surface area (Å²) in [4.78, 5) is 12.4. The van der Waals surface area contributed by atoms with Gasteiger partial charge >= 0.3 is 0 Å². The number of nitrogens with zero attached hydrogens (tertiary/aromatic N) is 3. The van der Waals surface area contributed by atoms with Crippen LogP contribution in [0.15, 0.2) is 40.0 Å². The molecule has 10 heteroatoms. The highest BCUT2D eigenvalue weighted by molar-refractivity contribution is 9.10. The van der Waals surface area contributed by atoms with Crippen molar-refractivity contribution in [3.05, 3.63) is 61.8 Å². The minimum absolute atomic E-state index is 0.100. The van der Waals surface area contributed by atoms with Crippen molar-refractivity contribution < 1.29 is 9.53 Å². The van der Waals surface area contributed by atoms with E-state index < -0.39 is 0 Å². The lowest BCUT2D eigenvalue weighted by molar-refractivity contribution is -0.113. The molecule has 6 nitrogen and oxygen atoms in total. The summed E-state index contributed by atoms with van der Waals surface area (Å²) in [6, 6.07) is 9.10. The van der Waals surface area contributed by atoms with Crippen LogP contribution in [0.25, 0.3) is 0 Å². The van der Waals surface area contributed by atoms with Crippen LogP contribution in [0, 0.1) is 13.8 Å². The Labute approximate surface area is 210 Å². The molecule has 0 aliphatic carbocycles. The quantitative estimate of drug-likeness (QED) is 0.249. The number of hydrogen-bond acceptors (Lipinski definition) is 5. The van der Waals surface area contributed by atoms with Crippen molar-refractivity contribution in [2.45, 2.75) is 31.8 Å². The molecule has 0 unspecified atom stereocenters. The number of anilines is 1. The molecule has 1 heterocycles. The number of carbonyl (C=O) groups is 1. The average Bonchev–Trinajstić information content (AvgIpc) is 3.08. The first-order chi connectivity index (χ1) is 15.2. The van der Waals surface area contributed by atoms with Crippen molar-refractivity contribution in [1.29, 1.82) is 0 Å². The Bertz CT molecular complexity index is 1120. The highest BCUT2D eigenvalue weighted by Crippen LogP contribution is 2.28. The van der Waals surface area contributed by atoms with E-state index in [9.17, 15) is 4.79 Å². The van der Waals surface area contributed by atoms with Gasteiger partial charge < -0.3 is 14.6 Å². The minimum atomic E-state index is -0.100. The van der Waals surface area contributed by atoms with Gasteiger partial charge in [0.15, 0.2) is 5.16 Å². The maximum atomic E-state index is 12.4. The Hall–Kier alpha value is -1.74. The van der Waals surface area contributed by atoms with E-state index in [0.29, 0.717) is 34.0 Å². The number of thioether (sulfide) groups is 1. The normalized spacial score (nSPS) is 10.9. The second kappa shape index (κ2) is 11.4. The fourth-order valence-electron chi connectivity index (χ4n) is 2.89. The fraction of sp³-hybridized carbons (Fsp3) is 0.318. The largest absolute Gasteiger partial charge is 0.492 e. The molecule has 0 radical (unpaired) electrons. The number of aryl methyl sites for hydroxylation is 3. The molecule has 0 fully saturated rings. The molecule has 0 saturated carbocycles. The lowest BCUT2D eigenvalue weighted by Gasteiger charge is -2.10. The maximum Gasteiger partial charge on any atom is 0.234 e. The van der Waals surface area contributed by atoms with Crippen molar-refractivity contribution in [1.82, 2.24) is 14.8 Å². The first kappa shape index (κ1) is 24.9. The second-order valence-electron chi connectivity index (χ2n) is 7.24. The van der Waals surface area contributed by atoms with E-state index in [4.69, 9.17) is 27.9 Å². The molecule has 0 atom stereocenters. The van der Waals surface area contributed by atoms with E-state index in [1.807, 2.05) is 37.6 Å². The predicted octanol–water partition coefficient (Wildman–Crippen LogP) is 6.24. The second-order valence-corrected chi connectivity index (χ2v) is 9.88. The van der Waals surface area contributed by atoms with Crippen molar-refractivity contribution in [3.8, 4) is 5.75 Å². The zero-order valence-electron chi connectivity index (χ0n) is 17.9. The summed E-state index contributed by atoms with van der Waals surface area (Å²) in [5.74, 6) is 1.57.